The summed E-state index contributed by atoms with van der Waals surface area (Å²) in [6.07, 6.45) is -0.751. The Bertz CT molecular complexity index is 3590. The highest BCUT2D eigenvalue weighted by molar-refractivity contribution is 6.09. The molecule has 1 aliphatic rings. The Kier molecular flexibility index (Phi) is 6.99. The van der Waals surface area contributed by atoms with Crippen LogP contribution in [0.15, 0.2) is 182 Å². The largest absolute Gasteiger partial charge is 1.00 e. The van der Waals surface area contributed by atoms with Crippen LogP contribution in [0.25, 0.3) is 66.7 Å². The van der Waals surface area contributed by atoms with Gasteiger partial charge in [0.2, 0.25) is 0 Å². The van der Waals surface area contributed by atoms with Crippen LogP contribution >= 0.6 is 0 Å². The van der Waals surface area contributed by atoms with Crippen LogP contribution in [-0.2, 0) is 5.41 Å². The zero-order valence-corrected chi connectivity index (χ0v) is 32.7. The summed E-state index contributed by atoms with van der Waals surface area (Å²) in [5, 5.41) is 2.14. The number of hydrogen-bond donors (Lipinski definition) is 0. The van der Waals surface area contributed by atoms with E-state index in [9.17, 15) is 0 Å². The minimum atomic E-state index is -2.59. The molecule has 0 spiro atoms. The highest BCUT2D eigenvalue weighted by atomic mass is 35.5. The molecule has 0 saturated heterocycles. The third-order valence-electron chi connectivity index (χ3n) is 10.4. The molecule has 0 bridgehead atoms. The number of aromatic nitrogens is 4. The van der Waals surface area contributed by atoms with E-state index in [2.05, 4.69) is 49.6 Å². The van der Waals surface area contributed by atoms with Gasteiger partial charge < -0.3 is 17.1 Å². The summed E-state index contributed by atoms with van der Waals surface area (Å²) < 4.78 is 99.8. The van der Waals surface area contributed by atoms with Gasteiger partial charge in [-0.15, -0.1) is 0 Å². The molecule has 10 rings (SSSR count). The maximum absolute atomic E-state index is 9.14. The van der Waals surface area contributed by atoms with Gasteiger partial charge in [0.15, 0.2) is 11.0 Å². The summed E-state index contributed by atoms with van der Waals surface area (Å²) in [6, 6.07) is 36.5. The highest BCUT2D eigenvalue weighted by Crippen LogP contribution is 2.39. The van der Waals surface area contributed by atoms with Gasteiger partial charge >= 0.3 is 0 Å². The van der Waals surface area contributed by atoms with Crippen molar-refractivity contribution in [2.75, 3.05) is 0 Å². The van der Waals surface area contributed by atoms with Crippen LogP contribution in [0.4, 0.5) is 0 Å². The highest BCUT2D eigenvalue weighted by Gasteiger charge is 2.26. The third kappa shape index (κ3) is 6.57. The molecular formula is C52H43ClN4O. The lowest BCUT2D eigenvalue weighted by molar-refractivity contribution is -0.567. The van der Waals surface area contributed by atoms with Gasteiger partial charge in [0.05, 0.1) is 20.6 Å². The Balaban J connectivity index is 0.00000578. The number of nitrogens with zero attached hydrogens (tertiary/aromatic N) is 4. The Morgan fingerprint density at radius 2 is 1.53 bits per heavy atom. The van der Waals surface area contributed by atoms with Gasteiger partial charge in [0, 0.05) is 44.3 Å². The maximum atomic E-state index is 9.14. The number of allylic oxidation sites excluding steroid dienone is 4. The molecule has 0 saturated carbocycles. The summed E-state index contributed by atoms with van der Waals surface area (Å²) in [5.41, 5.74) is 5.61. The number of ether oxygens (including phenoxy) is 1. The molecule has 1 aliphatic carbocycles. The van der Waals surface area contributed by atoms with Crippen molar-refractivity contribution < 1.29 is 35.4 Å². The normalized spacial score (nSPS) is 17.9. The summed E-state index contributed by atoms with van der Waals surface area (Å²) in [7, 11) is 0. The first-order valence-corrected chi connectivity index (χ1v) is 18.8. The Hall–Kier alpha value is -6.69. The van der Waals surface area contributed by atoms with E-state index in [1.54, 1.807) is 29.1 Å². The summed E-state index contributed by atoms with van der Waals surface area (Å²) in [5.74, 6) is 1.95. The van der Waals surface area contributed by atoms with Crippen LogP contribution in [-0.4, -0.2) is 14.1 Å². The predicted octanol–water partition coefficient (Wildman–Crippen LogP) is 9.89. The van der Waals surface area contributed by atoms with Crippen molar-refractivity contribution in [3.05, 3.63) is 193 Å². The zero-order chi connectivity index (χ0) is 47.3. The van der Waals surface area contributed by atoms with Crippen molar-refractivity contribution in [3.63, 3.8) is 0 Å². The third-order valence-corrected chi connectivity index (χ3v) is 10.4. The molecule has 6 heteroatoms. The van der Waals surface area contributed by atoms with Crippen LogP contribution in [0.3, 0.4) is 0 Å². The molecule has 6 aromatic carbocycles. The first-order valence-electron chi connectivity index (χ1n) is 23.9. The van der Waals surface area contributed by atoms with E-state index in [0.717, 1.165) is 33.2 Å². The maximum Gasteiger partial charge on any atom is 0.255 e. The fourth-order valence-electron chi connectivity index (χ4n) is 7.67. The van der Waals surface area contributed by atoms with Gasteiger partial charge in [0.1, 0.15) is 28.7 Å². The molecule has 0 aliphatic heterocycles. The molecular weight excluding hydrogens is 732 g/mol. The van der Waals surface area contributed by atoms with Gasteiger partial charge in [-0.05, 0) is 89.5 Å². The second-order valence-corrected chi connectivity index (χ2v) is 15.0. The molecule has 3 heterocycles. The monoisotopic (exact) mass is 784 g/mol. The first-order chi connectivity index (χ1) is 31.9. The molecule has 0 fully saturated rings. The predicted molar refractivity (Wildman–Crippen MR) is 234 cm³/mol. The van der Waals surface area contributed by atoms with Crippen molar-refractivity contribution >= 4 is 38.4 Å². The smallest absolute Gasteiger partial charge is 0.255 e. The van der Waals surface area contributed by atoms with Crippen molar-refractivity contribution in [3.8, 4) is 39.8 Å². The van der Waals surface area contributed by atoms with E-state index in [-0.39, 0.29) is 52.3 Å². The number of pyridine rings is 1. The van der Waals surface area contributed by atoms with Gasteiger partial charge in [-0.2, -0.15) is 9.13 Å². The fourth-order valence-corrected chi connectivity index (χ4v) is 7.67. The lowest BCUT2D eigenvalue weighted by Gasteiger charge is -2.20. The van der Waals surface area contributed by atoms with Gasteiger partial charge in [-0.1, -0.05) is 124 Å². The fraction of sp³-hybridized carbons (Fsp3) is 0.115. The SMILES string of the molecule is [2H]C1=C([2H])C([2H])C([2H])([2H])C(c2cccc(-c3cc([2H])c([2H])c([2H])c3[2H])c2-n2c[n+](-c3cccc(Oc4ccc5c6ccccc6n(-c6cc(C(C)(C)C)ccn6)c5c4)c3)c3ccccc32)=C1[2H].[Cl-]. The zero-order valence-electron chi connectivity index (χ0n) is 41.9. The molecule has 3 aromatic heterocycles. The van der Waals surface area contributed by atoms with Crippen molar-refractivity contribution in [2.45, 2.75) is 39.0 Å². The average Bonchev–Trinajstić information content (AvgIpc) is 3.86. The quantitative estimate of drug-likeness (QED) is 0.151. The van der Waals surface area contributed by atoms with E-state index < -0.39 is 43.0 Å². The van der Waals surface area contributed by atoms with E-state index in [1.807, 2.05) is 89.6 Å². The number of para-hydroxylation sites is 4. The van der Waals surface area contributed by atoms with E-state index >= 15 is 0 Å². The summed E-state index contributed by atoms with van der Waals surface area (Å²) >= 11 is 0. The molecule has 1 atom stereocenters. The van der Waals surface area contributed by atoms with Gasteiger partial charge in [-0.3, -0.25) is 4.57 Å². The number of rotatable bonds is 7. The molecule has 0 N–H and O–H groups in total. The molecule has 1 unspecified atom stereocenters. The van der Waals surface area contributed by atoms with Crippen LogP contribution in [0, 0.1) is 0 Å². The Morgan fingerprint density at radius 1 is 0.741 bits per heavy atom. The second-order valence-electron chi connectivity index (χ2n) is 15.0. The van der Waals surface area contributed by atoms with E-state index in [0.29, 0.717) is 33.8 Å². The average molecular weight is 785 g/mol. The topological polar surface area (TPSA) is 35.9 Å². The molecule has 5 nitrogen and oxygen atoms in total. The number of halogens is 1. The minimum Gasteiger partial charge on any atom is -1.00 e. The standard InChI is InChI=1S/C52H43N4O.ClH/c1-52(2,3)38-30-31-53-50(32-38)56-46-25-11-10-22-44(46)45-29-28-41(34-49(45)56)57-40-21-14-20-39(33-40)54-35-55(48-27-13-12-26-47(48)54)51-42(36-16-6-4-7-17-36)23-15-24-43(51)37-18-8-5-9-19-37;/h4-8,10-18,20-35H,9,19H2,1-3H3;1H/q+1;/p-1/i4D,5D,6D,7D,8D,9D,16D,18D,19D2;. The van der Waals surface area contributed by atoms with Crippen LogP contribution in [0.2, 0.25) is 0 Å². The second kappa shape index (κ2) is 15.0. The van der Waals surface area contributed by atoms with Gasteiger partial charge in [0.25, 0.3) is 6.33 Å². The number of imidazole rings is 1. The van der Waals surface area contributed by atoms with E-state index in [1.165, 1.54) is 6.07 Å². The number of fused-ring (bicyclic) bond motifs is 4. The molecule has 284 valence electrons. The molecule has 0 radical (unpaired) electrons. The Labute approximate surface area is 359 Å². The van der Waals surface area contributed by atoms with Crippen LogP contribution < -0.4 is 21.7 Å². The van der Waals surface area contributed by atoms with Crippen molar-refractivity contribution in [1.29, 1.82) is 0 Å². The van der Waals surface area contributed by atoms with Gasteiger partial charge in [-0.25, -0.2) is 4.98 Å². The van der Waals surface area contributed by atoms with E-state index in [4.69, 9.17) is 23.4 Å². The number of benzene rings is 6. The van der Waals surface area contributed by atoms with Crippen LogP contribution in [0.1, 0.15) is 58.4 Å². The Morgan fingerprint density at radius 3 is 2.43 bits per heavy atom. The molecule has 9 aromatic rings. The molecule has 58 heavy (non-hydrogen) atoms. The summed E-state index contributed by atoms with van der Waals surface area (Å²) in [6.45, 7) is 6.54. The number of hydrogen-bond acceptors (Lipinski definition) is 2. The lowest BCUT2D eigenvalue weighted by Crippen LogP contribution is -3.00. The first kappa shape index (κ1) is 27.0. The van der Waals surface area contributed by atoms with Crippen molar-refractivity contribution in [2.24, 2.45) is 0 Å². The van der Waals surface area contributed by atoms with Crippen LogP contribution in [0.5, 0.6) is 11.5 Å². The minimum absolute atomic E-state index is 0. The lowest BCUT2D eigenvalue weighted by atomic mass is 9.88. The summed E-state index contributed by atoms with van der Waals surface area (Å²) in [4.78, 5) is 4.82. The van der Waals surface area contributed by atoms with Crippen molar-refractivity contribution in [1.82, 2.24) is 14.1 Å². The molecule has 0 amide bonds.